The summed E-state index contributed by atoms with van der Waals surface area (Å²) in [5, 5.41) is 6.18. The van der Waals surface area contributed by atoms with E-state index in [0.717, 1.165) is 12.8 Å². The SMILES string of the molecule is CCC1=C([Si](c2cccc(C)c2)(c2cccc(C)c2)c2cccc(C)c2)CC=[C]1[Ti+3].[Cl-].[Cl-].[Cl-]. The van der Waals surface area contributed by atoms with Crippen LogP contribution in [0.15, 0.2) is 93.5 Å². The predicted octanol–water partition coefficient (Wildman–Crippen LogP) is -3.83. The Hall–Kier alpha value is -1.06. The van der Waals surface area contributed by atoms with Gasteiger partial charge in [0.15, 0.2) is 0 Å². The van der Waals surface area contributed by atoms with Crippen LogP contribution in [0.5, 0.6) is 0 Å². The molecule has 0 aromatic heterocycles. The van der Waals surface area contributed by atoms with E-state index in [1.54, 1.807) is 10.8 Å². The van der Waals surface area contributed by atoms with Crippen molar-refractivity contribution >= 4 is 23.6 Å². The first-order chi connectivity index (χ1) is 14.5. The Kier molecular flexibility index (Phi) is 11.4. The molecule has 0 unspecified atom stereocenters. The molecule has 5 heteroatoms. The molecule has 0 heterocycles. The van der Waals surface area contributed by atoms with Gasteiger partial charge >= 0.3 is 195 Å². The van der Waals surface area contributed by atoms with Crippen molar-refractivity contribution in [2.45, 2.75) is 40.5 Å². The number of hydrogen-bond acceptors (Lipinski definition) is 0. The van der Waals surface area contributed by atoms with Gasteiger partial charge in [-0.2, -0.15) is 0 Å². The Morgan fingerprint density at radius 2 is 1.09 bits per heavy atom. The second-order valence-electron chi connectivity index (χ2n) is 8.49. The average molecular weight is 548 g/mol. The number of allylic oxidation sites excluding steroid dienone is 4. The van der Waals surface area contributed by atoms with E-state index >= 15 is 0 Å². The average Bonchev–Trinajstić information content (AvgIpc) is 3.10. The Balaban J connectivity index is 0.00000181. The van der Waals surface area contributed by atoms with Gasteiger partial charge in [0, 0.05) is 0 Å². The number of halogens is 3. The topological polar surface area (TPSA) is 0 Å². The summed E-state index contributed by atoms with van der Waals surface area (Å²) < 4.78 is 1.47. The first-order valence-electron chi connectivity index (χ1n) is 10.8. The van der Waals surface area contributed by atoms with Crippen molar-refractivity contribution < 1.29 is 57.7 Å². The summed E-state index contributed by atoms with van der Waals surface area (Å²) in [6.07, 6.45) is 4.62. The van der Waals surface area contributed by atoms with Gasteiger partial charge in [-0.1, -0.05) is 0 Å². The maximum Gasteiger partial charge on any atom is -1.00 e. The summed E-state index contributed by atoms with van der Waals surface area (Å²) in [4.78, 5) is 0. The van der Waals surface area contributed by atoms with Crippen molar-refractivity contribution in [2.75, 3.05) is 0 Å². The number of rotatable bonds is 5. The van der Waals surface area contributed by atoms with Gasteiger partial charge in [0.05, 0.1) is 0 Å². The number of hydrogen-bond donors (Lipinski definition) is 0. The fraction of sp³-hybridized carbons (Fsp3) is 0.214. The van der Waals surface area contributed by atoms with Gasteiger partial charge in [-0.15, -0.1) is 0 Å². The molecule has 0 nitrogen and oxygen atoms in total. The molecule has 0 radical (unpaired) electrons. The van der Waals surface area contributed by atoms with Gasteiger partial charge in [0.25, 0.3) is 0 Å². The van der Waals surface area contributed by atoms with Gasteiger partial charge in [-0.05, 0) is 0 Å². The van der Waals surface area contributed by atoms with Crippen LogP contribution in [-0.2, 0) is 20.4 Å². The normalized spacial score (nSPS) is 13.0. The second kappa shape index (κ2) is 12.6. The summed E-state index contributed by atoms with van der Waals surface area (Å²) in [5.41, 5.74) is 5.59. The molecule has 0 saturated carbocycles. The van der Waals surface area contributed by atoms with E-state index in [1.165, 1.54) is 36.1 Å². The van der Waals surface area contributed by atoms with Gasteiger partial charge in [0.2, 0.25) is 0 Å². The molecule has 0 bridgehead atoms. The molecule has 3 aromatic rings. The van der Waals surface area contributed by atoms with E-state index in [2.05, 4.69) is 127 Å². The van der Waals surface area contributed by atoms with Gasteiger partial charge in [-0.25, -0.2) is 0 Å². The van der Waals surface area contributed by atoms with Crippen molar-refractivity contribution in [3.8, 4) is 0 Å². The van der Waals surface area contributed by atoms with Crippen LogP contribution in [0.25, 0.3) is 0 Å². The molecule has 0 amide bonds. The fourth-order valence-electron chi connectivity index (χ4n) is 5.05. The zero-order valence-corrected chi connectivity index (χ0v) is 24.4. The molecule has 0 aliphatic heterocycles. The molecule has 1 aliphatic carbocycles. The Morgan fingerprint density at radius 3 is 1.42 bits per heavy atom. The summed E-state index contributed by atoms with van der Waals surface area (Å²) in [6, 6.07) is 27.9. The maximum absolute atomic E-state index is 2.46. The summed E-state index contributed by atoms with van der Waals surface area (Å²) in [6.45, 7) is 8.99. The minimum Gasteiger partial charge on any atom is -1.00 e. The van der Waals surface area contributed by atoms with Crippen LogP contribution >= 0.6 is 0 Å². The van der Waals surface area contributed by atoms with Crippen molar-refractivity contribution in [3.05, 3.63) is 110 Å². The van der Waals surface area contributed by atoms with E-state index in [4.69, 9.17) is 0 Å². The second-order valence-corrected chi connectivity index (χ2v) is 13.2. The molecule has 0 saturated heterocycles. The Bertz CT molecular complexity index is 1060. The minimum absolute atomic E-state index is 0. The third-order valence-electron chi connectivity index (χ3n) is 6.36. The van der Waals surface area contributed by atoms with Gasteiger partial charge < -0.3 is 37.2 Å². The van der Waals surface area contributed by atoms with Crippen LogP contribution in [0.2, 0.25) is 0 Å². The largest absolute Gasteiger partial charge is 1.00 e. The molecular weight excluding hydrogens is 519 g/mol. The van der Waals surface area contributed by atoms with Crippen LogP contribution < -0.4 is 52.8 Å². The van der Waals surface area contributed by atoms with Gasteiger partial charge in [-0.3, -0.25) is 0 Å². The summed E-state index contributed by atoms with van der Waals surface area (Å²) in [5.74, 6) is 0. The van der Waals surface area contributed by atoms with E-state index in [9.17, 15) is 0 Å². The summed E-state index contributed by atoms with van der Waals surface area (Å²) in [7, 11) is -2.38. The first kappa shape index (κ1) is 30.0. The zero-order valence-electron chi connectivity index (χ0n) is 19.6. The van der Waals surface area contributed by atoms with Crippen LogP contribution in [0.4, 0.5) is 0 Å². The molecule has 33 heavy (non-hydrogen) atoms. The Morgan fingerprint density at radius 1 is 0.697 bits per heavy atom. The molecule has 0 fully saturated rings. The van der Waals surface area contributed by atoms with Crippen molar-refractivity contribution in [3.63, 3.8) is 0 Å². The number of benzene rings is 3. The minimum atomic E-state index is -2.38. The van der Waals surface area contributed by atoms with Crippen molar-refractivity contribution in [2.24, 2.45) is 0 Å². The summed E-state index contributed by atoms with van der Waals surface area (Å²) >= 11 is 2.30. The molecule has 1 aliphatic rings. The molecule has 0 atom stereocenters. The van der Waals surface area contributed by atoms with E-state index in [1.807, 2.05) is 0 Å². The monoisotopic (exact) mass is 546 g/mol. The maximum atomic E-state index is 2.46. The van der Waals surface area contributed by atoms with Crippen LogP contribution in [-0.4, -0.2) is 8.07 Å². The smallest absolute Gasteiger partial charge is 1.00 e. The standard InChI is InChI=1S/C28H29Si.3ClH.Ti/c1-5-24-13-9-17-28(24)29(25-14-6-10-21(2)18-25,26-15-7-11-22(3)19-26)27-16-8-12-23(4)20-27;;;;/h6-12,14-16,18-20H,5,17H2,1-4H3;3*1H;/q;;;;+3/p-3. The van der Waals surface area contributed by atoms with Crippen molar-refractivity contribution in [1.82, 2.24) is 0 Å². The molecule has 0 spiro atoms. The Labute approximate surface area is 230 Å². The molecular formula is C28H29Cl3SiTi. The predicted molar refractivity (Wildman–Crippen MR) is 128 cm³/mol. The molecule has 170 valence electrons. The first-order valence-corrected chi connectivity index (χ1v) is 13.6. The number of aryl methyl sites for hydroxylation is 3. The quantitative estimate of drug-likeness (QED) is 0.227. The third kappa shape index (κ3) is 5.61. The molecule has 4 rings (SSSR count). The molecule has 0 N–H and O–H groups in total. The van der Waals surface area contributed by atoms with E-state index < -0.39 is 8.07 Å². The van der Waals surface area contributed by atoms with Crippen molar-refractivity contribution in [1.29, 1.82) is 0 Å². The van der Waals surface area contributed by atoms with Gasteiger partial charge in [0.1, 0.15) is 0 Å². The fourth-order valence-corrected chi connectivity index (χ4v) is 11.5. The van der Waals surface area contributed by atoms with Crippen LogP contribution in [0, 0.1) is 20.8 Å². The van der Waals surface area contributed by atoms with Crippen LogP contribution in [0.3, 0.4) is 0 Å². The van der Waals surface area contributed by atoms with E-state index in [0.29, 0.717) is 0 Å². The zero-order chi connectivity index (χ0) is 21.3. The molecule has 3 aromatic carbocycles. The third-order valence-corrected chi connectivity index (χ3v) is 12.1. The van der Waals surface area contributed by atoms with Crippen LogP contribution in [0.1, 0.15) is 36.5 Å². The van der Waals surface area contributed by atoms with E-state index in [-0.39, 0.29) is 37.2 Å².